The average molecular weight is 213 g/mol. The molecule has 0 radical (unpaired) electrons. The van der Waals surface area contributed by atoms with E-state index in [1.807, 2.05) is 0 Å². The van der Waals surface area contributed by atoms with Crippen molar-refractivity contribution in [1.29, 1.82) is 0 Å². The number of hydrogen-bond acceptors (Lipinski definition) is 3. The van der Waals surface area contributed by atoms with Crippen LogP contribution in [0.4, 0.5) is 0 Å². The molecule has 0 atom stereocenters. The topological polar surface area (TPSA) is 55.7 Å². The summed E-state index contributed by atoms with van der Waals surface area (Å²) in [7, 11) is -3.59. The second-order valence-corrected chi connectivity index (χ2v) is 4.09. The molecule has 0 heterocycles. The third-order valence-corrected chi connectivity index (χ3v) is 2.70. The molecule has 1 aromatic rings. The van der Waals surface area contributed by atoms with Crippen molar-refractivity contribution in [2.45, 2.75) is 11.8 Å². The van der Waals surface area contributed by atoms with Gasteiger partial charge < -0.3 is 4.74 Å². The van der Waals surface area contributed by atoms with Gasteiger partial charge in [0.15, 0.2) is 6.40 Å². The summed E-state index contributed by atoms with van der Waals surface area (Å²) >= 11 is 0. The van der Waals surface area contributed by atoms with Gasteiger partial charge in [0.1, 0.15) is 0 Å². The molecule has 76 valence electrons. The Morgan fingerprint density at radius 3 is 2.57 bits per heavy atom. The van der Waals surface area contributed by atoms with E-state index in [0.29, 0.717) is 6.61 Å². The first-order chi connectivity index (χ1) is 6.67. The maximum Gasteiger partial charge on any atom is 0.285 e. The van der Waals surface area contributed by atoms with E-state index in [4.69, 9.17) is 4.74 Å². The Bertz CT molecular complexity index is 397. The molecule has 0 aliphatic heterocycles. The van der Waals surface area contributed by atoms with Crippen molar-refractivity contribution >= 4 is 16.4 Å². The number of hydrogen-bond donors (Lipinski definition) is 0. The Morgan fingerprint density at radius 2 is 2.00 bits per heavy atom. The van der Waals surface area contributed by atoms with E-state index in [2.05, 4.69) is 4.40 Å². The van der Waals surface area contributed by atoms with E-state index in [1.54, 1.807) is 25.1 Å². The molecule has 4 nitrogen and oxygen atoms in total. The van der Waals surface area contributed by atoms with Gasteiger partial charge in [-0.2, -0.15) is 8.42 Å². The van der Waals surface area contributed by atoms with Crippen molar-refractivity contribution in [2.75, 3.05) is 6.61 Å². The zero-order chi connectivity index (χ0) is 10.4. The van der Waals surface area contributed by atoms with Gasteiger partial charge in [0.05, 0.1) is 11.5 Å². The highest BCUT2D eigenvalue weighted by Crippen LogP contribution is 2.10. The van der Waals surface area contributed by atoms with Crippen LogP contribution in [0.2, 0.25) is 0 Å². The Morgan fingerprint density at radius 1 is 1.36 bits per heavy atom. The first-order valence-corrected chi connectivity index (χ1v) is 5.56. The van der Waals surface area contributed by atoms with E-state index in [1.165, 1.54) is 12.1 Å². The van der Waals surface area contributed by atoms with E-state index in [0.717, 1.165) is 6.40 Å². The highest BCUT2D eigenvalue weighted by Gasteiger charge is 2.09. The van der Waals surface area contributed by atoms with Crippen LogP contribution < -0.4 is 0 Å². The zero-order valence-electron chi connectivity index (χ0n) is 7.75. The lowest BCUT2D eigenvalue weighted by Crippen LogP contribution is -1.98. The van der Waals surface area contributed by atoms with Crippen LogP contribution in [-0.2, 0) is 14.8 Å². The van der Waals surface area contributed by atoms with Gasteiger partial charge >= 0.3 is 0 Å². The quantitative estimate of drug-likeness (QED) is 0.561. The molecule has 0 amide bonds. The first-order valence-electron chi connectivity index (χ1n) is 4.12. The molecule has 0 aromatic heterocycles. The van der Waals surface area contributed by atoms with Crippen LogP contribution in [0.15, 0.2) is 39.6 Å². The molecule has 0 aliphatic carbocycles. The molecular weight excluding hydrogens is 202 g/mol. The number of ether oxygens (including phenoxy) is 1. The van der Waals surface area contributed by atoms with Gasteiger partial charge in [-0.05, 0) is 19.1 Å². The third kappa shape index (κ3) is 2.85. The lowest BCUT2D eigenvalue weighted by Gasteiger charge is -1.97. The van der Waals surface area contributed by atoms with Crippen molar-refractivity contribution in [3.05, 3.63) is 30.3 Å². The summed E-state index contributed by atoms with van der Waals surface area (Å²) in [4.78, 5) is 0.163. The molecule has 5 heteroatoms. The minimum atomic E-state index is -3.59. The Labute approximate surface area is 83.3 Å². The monoisotopic (exact) mass is 213 g/mol. The summed E-state index contributed by atoms with van der Waals surface area (Å²) in [6.45, 7) is 2.15. The molecule has 0 saturated carbocycles. The highest BCUT2D eigenvalue weighted by molar-refractivity contribution is 7.90. The molecule has 0 spiro atoms. The minimum absolute atomic E-state index is 0.163. The predicted molar refractivity (Wildman–Crippen MR) is 53.7 cm³/mol. The minimum Gasteiger partial charge on any atom is -0.483 e. The van der Waals surface area contributed by atoms with Gasteiger partial charge in [0, 0.05) is 0 Å². The molecule has 1 rings (SSSR count). The van der Waals surface area contributed by atoms with Crippen molar-refractivity contribution in [1.82, 2.24) is 0 Å². The average Bonchev–Trinajstić information content (AvgIpc) is 2.19. The summed E-state index contributed by atoms with van der Waals surface area (Å²) in [6.07, 6.45) is 0.947. The van der Waals surface area contributed by atoms with Crippen LogP contribution in [0.3, 0.4) is 0 Å². The third-order valence-electron chi connectivity index (χ3n) is 1.46. The predicted octanol–water partition coefficient (Wildman–Crippen LogP) is 1.44. The van der Waals surface area contributed by atoms with Gasteiger partial charge in [-0.15, -0.1) is 4.40 Å². The molecule has 14 heavy (non-hydrogen) atoms. The van der Waals surface area contributed by atoms with Crippen LogP contribution in [0.1, 0.15) is 6.92 Å². The molecular formula is C9H11NO3S. The van der Waals surface area contributed by atoms with Gasteiger partial charge in [0.25, 0.3) is 10.0 Å². The Kier molecular flexibility index (Phi) is 3.64. The van der Waals surface area contributed by atoms with Crippen molar-refractivity contribution in [3.8, 4) is 0 Å². The van der Waals surface area contributed by atoms with Gasteiger partial charge in [-0.25, -0.2) is 0 Å². The summed E-state index contributed by atoms with van der Waals surface area (Å²) in [6, 6.07) is 7.99. The molecule has 0 unspecified atom stereocenters. The lowest BCUT2D eigenvalue weighted by molar-refractivity contribution is 0.344. The first kappa shape index (κ1) is 10.7. The summed E-state index contributed by atoms with van der Waals surface area (Å²) in [5, 5.41) is 0. The van der Waals surface area contributed by atoms with Crippen molar-refractivity contribution in [3.63, 3.8) is 0 Å². The lowest BCUT2D eigenvalue weighted by atomic mass is 10.4. The van der Waals surface area contributed by atoms with Gasteiger partial charge in [-0.1, -0.05) is 18.2 Å². The summed E-state index contributed by atoms with van der Waals surface area (Å²) < 4.78 is 30.9. The smallest absolute Gasteiger partial charge is 0.285 e. The van der Waals surface area contributed by atoms with E-state index >= 15 is 0 Å². The summed E-state index contributed by atoms with van der Waals surface area (Å²) in [5.41, 5.74) is 0. The fourth-order valence-corrected chi connectivity index (χ4v) is 1.61. The SMILES string of the molecule is CCOC=NS(=O)(=O)c1ccccc1. The second kappa shape index (κ2) is 4.76. The largest absolute Gasteiger partial charge is 0.483 e. The van der Waals surface area contributed by atoms with Crippen LogP contribution in [-0.4, -0.2) is 21.4 Å². The number of sulfonamides is 1. The molecule has 0 bridgehead atoms. The molecule has 1 aromatic carbocycles. The highest BCUT2D eigenvalue weighted by atomic mass is 32.2. The maximum atomic E-state index is 11.4. The van der Waals surface area contributed by atoms with E-state index < -0.39 is 10.0 Å². The van der Waals surface area contributed by atoms with Crippen LogP contribution in [0.25, 0.3) is 0 Å². The standard InChI is InChI=1S/C9H11NO3S/c1-2-13-8-10-14(11,12)9-6-4-3-5-7-9/h3-8H,2H2,1H3. The fraction of sp³-hybridized carbons (Fsp3) is 0.222. The van der Waals surface area contributed by atoms with Crippen LogP contribution >= 0.6 is 0 Å². The van der Waals surface area contributed by atoms with Crippen LogP contribution in [0, 0.1) is 0 Å². The van der Waals surface area contributed by atoms with Crippen molar-refractivity contribution in [2.24, 2.45) is 4.40 Å². The second-order valence-electron chi connectivity index (χ2n) is 2.45. The molecule has 0 fully saturated rings. The molecule has 0 aliphatic rings. The molecule has 0 N–H and O–H groups in total. The summed E-state index contributed by atoms with van der Waals surface area (Å²) in [5.74, 6) is 0. The molecule has 0 saturated heterocycles. The van der Waals surface area contributed by atoms with Crippen molar-refractivity contribution < 1.29 is 13.2 Å². The van der Waals surface area contributed by atoms with E-state index in [-0.39, 0.29) is 4.90 Å². The number of nitrogens with zero attached hydrogens (tertiary/aromatic N) is 1. The Hall–Kier alpha value is -1.36. The number of rotatable bonds is 4. The van der Waals surface area contributed by atoms with E-state index in [9.17, 15) is 8.42 Å². The number of benzene rings is 1. The zero-order valence-corrected chi connectivity index (χ0v) is 8.57. The van der Waals surface area contributed by atoms with Gasteiger partial charge in [-0.3, -0.25) is 0 Å². The Balaban J connectivity index is 2.87. The van der Waals surface area contributed by atoms with Crippen LogP contribution in [0.5, 0.6) is 0 Å². The fourth-order valence-electron chi connectivity index (χ4n) is 0.815. The maximum absolute atomic E-state index is 11.4. The normalized spacial score (nSPS) is 11.8. The van der Waals surface area contributed by atoms with Gasteiger partial charge in [0.2, 0.25) is 0 Å².